The minimum absolute atomic E-state index is 0.0478. The topological polar surface area (TPSA) is 48.3 Å². The second-order valence-corrected chi connectivity index (χ2v) is 31.1. The van der Waals surface area contributed by atoms with Gasteiger partial charge in [-0.05, 0) is 162 Å². The molecule has 5 nitrogen and oxygen atoms in total. The number of anilines is 6. The van der Waals surface area contributed by atoms with E-state index in [0.29, 0.717) is 5.56 Å². The number of aromatic nitrogens is 1. The fraction of sp³-hybridized carbons (Fsp3) is 0.133. The van der Waals surface area contributed by atoms with Gasteiger partial charge in [0.05, 0.1) is 62.5 Å². The Balaban J connectivity index is 1.01. The van der Waals surface area contributed by atoms with Gasteiger partial charge in [-0.2, -0.15) is 5.26 Å². The van der Waals surface area contributed by atoms with Crippen molar-refractivity contribution in [2.45, 2.75) is 84.5 Å². The molecule has 0 N–H and O–H groups in total. The van der Waals surface area contributed by atoms with Crippen LogP contribution < -0.4 is 9.80 Å². The normalized spacial score (nSPS) is 13.5. The Morgan fingerprint density at radius 3 is 1.53 bits per heavy atom. The van der Waals surface area contributed by atoms with Crippen molar-refractivity contribution in [3.8, 4) is 78.5 Å². The number of nitriles is 1. The van der Waals surface area contributed by atoms with Crippen molar-refractivity contribution in [1.29, 1.82) is 5.26 Å². The van der Waals surface area contributed by atoms with Gasteiger partial charge in [-0.1, -0.05) is 287 Å². The second-order valence-electron chi connectivity index (χ2n) is 31.1. The lowest BCUT2D eigenvalue weighted by Gasteiger charge is -2.47. The average molecular weight is 1330 g/mol. The zero-order valence-electron chi connectivity index (χ0n) is 59.6. The maximum absolute atomic E-state index is 10.5. The van der Waals surface area contributed by atoms with Crippen LogP contribution in [0, 0.1) is 11.3 Å². The molecule has 14 aromatic carbocycles. The van der Waals surface area contributed by atoms with Crippen molar-refractivity contribution in [1.82, 2.24) is 4.57 Å². The molecule has 2 aromatic heterocycles. The van der Waals surface area contributed by atoms with E-state index in [2.05, 4.69) is 380 Å². The average Bonchev–Trinajstić information content (AvgIpc) is 1.32. The Hall–Kier alpha value is -12.2. The van der Waals surface area contributed by atoms with Gasteiger partial charge in [0.25, 0.3) is 0 Å². The van der Waals surface area contributed by atoms with E-state index in [0.717, 1.165) is 145 Å². The second kappa shape index (κ2) is 24.0. The number of benzene rings is 14. The number of para-hydroxylation sites is 4. The quantitative estimate of drug-likeness (QED) is 0.144. The van der Waals surface area contributed by atoms with Crippen molar-refractivity contribution in [2.75, 3.05) is 9.80 Å². The van der Waals surface area contributed by atoms with Gasteiger partial charge >= 0.3 is 0 Å². The van der Waals surface area contributed by atoms with E-state index >= 15 is 0 Å². The van der Waals surface area contributed by atoms with E-state index in [1.54, 1.807) is 0 Å². The van der Waals surface area contributed by atoms with Gasteiger partial charge in [-0.15, -0.1) is 0 Å². The number of hydrogen-bond acceptors (Lipinski definition) is 4. The van der Waals surface area contributed by atoms with E-state index in [1.807, 2.05) is 6.07 Å². The monoisotopic (exact) mass is 1330 g/mol. The van der Waals surface area contributed by atoms with Gasteiger partial charge in [-0.3, -0.25) is 0 Å². The molecule has 0 aliphatic carbocycles. The van der Waals surface area contributed by atoms with Crippen molar-refractivity contribution >= 4 is 77.9 Å². The predicted octanol–water partition coefficient (Wildman–Crippen LogP) is 27.2. The Morgan fingerprint density at radius 2 is 0.854 bits per heavy atom. The summed E-state index contributed by atoms with van der Waals surface area (Å²) in [5.74, 6) is -0.293. The summed E-state index contributed by atoms with van der Waals surface area (Å²) in [4.78, 5) is 5.30. The molecular formula is C98H78N4O. The van der Waals surface area contributed by atoms with Gasteiger partial charge in [0.15, 0.2) is 0 Å². The van der Waals surface area contributed by atoms with Crippen molar-refractivity contribution in [3.63, 3.8) is 0 Å². The molecule has 1 atom stereocenters. The first kappa shape index (κ1) is 63.0. The zero-order valence-corrected chi connectivity index (χ0v) is 59.6. The lowest BCUT2D eigenvalue weighted by molar-refractivity contribution is 0.589. The third-order valence-corrected chi connectivity index (χ3v) is 21.7. The number of nitrogens with zero attached hydrogens (tertiary/aromatic N) is 4. The SMILES string of the molecule is CC(C)(C)c1ccc(-c2cc3c4c(c2)N(c2c(-c5ccccc5)cccc2-c2ccccc2)c2ccc(-c5c(-c6cccc7c6oc6ccccc67)cccc5-n5c6ccccc6c6cc(C#N)ccc65)cc2C4c2ccc(C(C)(C)C)cc2N3c2ccc(C(C)(C)C)cc2-c2ccccc2)cc1. The minimum atomic E-state index is -0.293. The molecule has 1 unspecified atom stereocenters. The molecule has 2 aliphatic heterocycles. The molecule has 18 rings (SSSR count). The largest absolute Gasteiger partial charge is 0.455 e. The van der Waals surface area contributed by atoms with E-state index in [9.17, 15) is 5.26 Å². The minimum Gasteiger partial charge on any atom is -0.455 e. The molecule has 0 radical (unpaired) electrons. The predicted molar refractivity (Wildman–Crippen MR) is 432 cm³/mol. The molecule has 16 aromatic rings. The summed E-state index contributed by atoms with van der Waals surface area (Å²) in [6.07, 6.45) is 0. The molecule has 2 aliphatic rings. The first-order chi connectivity index (χ1) is 50.0. The molecule has 5 heteroatoms. The van der Waals surface area contributed by atoms with E-state index in [4.69, 9.17) is 4.42 Å². The number of hydrogen-bond donors (Lipinski definition) is 0. The summed E-state index contributed by atoms with van der Waals surface area (Å²) >= 11 is 0. The summed E-state index contributed by atoms with van der Waals surface area (Å²) < 4.78 is 9.49. The highest BCUT2D eigenvalue weighted by Gasteiger charge is 2.44. The first-order valence-electron chi connectivity index (χ1n) is 36.1. The molecule has 0 amide bonds. The van der Waals surface area contributed by atoms with Gasteiger partial charge in [-0.25, -0.2) is 0 Å². The van der Waals surface area contributed by atoms with Gasteiger partial charge in [0.2, 0.25) is 0 Å². The van der Waals surface area contributed by atoms with Crippen LogP contribution in [0.25, 0.3) is 116 Å². The summed E-state index contributed by atoms with van der Waals surface area (Å²) in [6.45, 7) is 20.9. The molecule has 0 saturated carbocycles. The Labute approximate surface area is 603 Å². The fourth-order valence-corrected chi connectivity index (χ4v) is 16.5. The van der Waals surface area contributed by atoms with Crippen LogP contribution in [0.1, 0.15) is 107 Å². The maximum atomic E-state index is 10.5. The highest BCUT2D eigenvalue weighted by molar-refractivity contribution is 6.14. The highest BCUT2D eigenvalue weighted by atomic mass is 16.3. The Kier molecular flexibility index (Phi) is 14.7. The summed E-state index contributed by atoms with van der Waals surface area (Å²) in [5.41, 5.74) is 32.3. The van der Waals surface area contributed by atoms with Crippen LogP contribution in [-0.4, -0.2) is 4.57 Å². The zero-order chi connectivity index (χ0) is 70.2. The van der Waals surface area contributed by atoms with Gasteiger partial charge < -0.3 is 18.8 Å². The van der Waals surface area contributed by atoms with E-state index in [-0.39, 0.29) is 22.2 Å². The van der Waals surface area contributed by atoms with Crippen molar-refractivity contribution < 1.29 is 4.42 Å². The Morgan fingerprint density at radius 1 is 0.320 bits per heavy atom. The summed E-state index contributed by atoms with van der Waals surface area (Å²) in [7, 11) is 0. The number of rotatable bonds is 9. The van der Waals surface area contributed by atoms with E-state index < -0.39 is 0 Å². The van der Waals surface area contributed by atoms with Crippen LogP contribution in [-0.2, 0) is 16.2 Å². The maximum Gasteiger partial charge on any atom is 0.143 e. The van der Waals surface area contributed by atoms with E-state index in [1.165, 1.54) is 38.9 Å². The Bertz CT molecular complexity index is 6070. The fourth-order valence-electron chi connectivity index (χ4n) is 16.5. The summed E-state index contributed by atoms with van der Waals surface area (Å²) in [6, 6.07) is 115. The van der Waals surface area contributed by atoms with Crippen LogP contribution in [0.5, 0.6) is 0 Å². The smallest absolute Gasteiger partial charge is 0.143 e. The number of fused-ring (bicyclic) bond motifs is 10. The van der Waals surface area contributed by atoms with Crippen molar-refractivity contribution in [2.24, 2.45) is 0 Å². The third kappa shape index (κ3) is 10.4. The van der Waals surface area contributed by atoms with Crippen molar-refractivity contribution in [3.05, 3.63) is 342 Å². The molecule has 0 spiro atoms. The molecular weight excluding hydrogens is 1250 g/mol. The standard InChI is InChI=1S/C98H78N4O/c1-96(2,3)68-46-43-62(44-47-68)67-56-88-93-89(57-67)102(94-71(63-26-13-10-14-27-63)34-23-35-72(94)64-28-15-11-16-29-64)85-52-45-66(55-81(85)92(93)78-50-48-70(98(7,8)9)59-87(78)101(88)83-53-49-69(97(4,5)6)58-79(83)65-30-17-12-18-31-65)91-75(77-38-24-37-76-74-33-20-22-41-90(74)103-95(76)77)36-25-40-86(91)100-82-39-21-19-32-73(82)80-54-61(60-99)42-51-84(80)100/h10-59,92H,1-9H3. The van der Waals surface area contributed by atoms with Crippen LogP contribution in [0.4, 0.5) is 34.1 Å². The highest BCUT2D eigenvalue weighted by Crippen LogP contribution is 2.65. The molecule has 4 heterocycles. The molecule has 0 bridgehead atoms. The first-order valence-corrected chi connectivity index (χ1v) is 36.1. The van der Waals surface area contributed by atoms with Crippen LogP contribution in [0.2, 0.25) is 0 Å². The third-order valence-electron chi connectivity index (χ3n) is 21.7. The molecule has 496 valence electrons. The summed E-state index contributed by atoms with van der Waals surface area (Å²) in [5, 5.41) is 14.7. The lowest BCUT2D eigenvalue weighted by Crippen LogP contribution is -2.30. The molecule has 103 heavy (non-hydrogen) atoms. The van der Waals surface area contributed by atoms with Crippen LogP contribution >= 0.6 is 0 Å². The van der Waals surface area contributed by atoms with Gasteiger partial charge in [0, 0.05) is 60.8 Å². The molecule has 0 fully saturated rings. The van der Waals surface area contributed by atoms with Gasteiger partial charge in [0.1, 0.15) is 11.2 Å². The van der Waals surface area contributed by atoms with Crippen LogP contribution in [0.15, 0.2) is 308 Å². The van der Waals surface area contributed by atoms with Crippen LogP contribution in [0.3, 0.4) is 0 Å². The number of furan rings is 1. The lowest BCUT2D eigenvalue weighted by atomic mass is 9.73. The molecule has 0 saturated heterocycles.